The average Bonchev–Trinajstić information content (AvgIpc) is 2.38. The van der Waals surface area contributed by atoms with E-state index in [1.807, 2.05) is 6.92 Å². The van der Waals surface area contributed by atoms with Crippen molar-refractivity contribution in [2.75, 3.05) is 0 Å². The summed E-state index contributed by atoms with van der Waals surface area (Å²) >= 11 is 0. The predicted octanol–water partition coefficient (Wildman–Crippen LogP) is 2.55. The van der Waals surface area contributed by atoms with Gasteiger partial charge in [0.05, 0.1) is 4.90 Å². The number of aliphatic hydroxyl groups excluding tert-OH is 1. The molecule has 2 atom stereocenters. The molecule has 0 aliphatic carbocycles. The Labute approximate surface area is 118 Å². The SMILES string of the molecule is Cc1ccc(S(=O)(=O)N[C@@H](C)[C@H](C)/C(O)=C\[N+]#N)cc1. The minimum atomic E-state index is -3.65. The van der Waals surface area contributed by atoms with Gasteiger partial charge in [-0.05, 0) is 26.0 Å². The van der Waals surface area contributed by atoms with Crippen LogP contribution in [-0.2, 0) is 10.0 Å². The van der Waals surface area contributed by atoms with Crippen LogP contribution in [0.3, 0.4) is 0 Å². The number of hydrogen-bond acceptors (Lipinski definition) is 4. The Morgan fingerprint density at radius 1 is 1.35 bits per heavy atom. The summed E-state index contributed by atoms with van der Waals surface area (Å²) < 4.78 is 26.8. The van der Waals surface area contributed by atoms with Crippen LogP contribution in [0.2, 0.25) is 0 Å². The summed E-state index contributed by atoms with van der Waals surface area (Å²) in [5, 5.41) is 17.9. The second kappa shape index (κ2) is 6.50. The summed E-state index contributed by atoms with van der Waals surface area (Å²) in [6.07, 6.45) is 0.876. The summed E-state index contributed by atoms with van der Waals surface area (Å²) in [6, 6.07) is 5.91. The van der Waals surface area contributed by atoms with Crippen LogP contribution in [0.4, 0.5) is 0 Å². The number of sulfonamides is 1. The van der Waals surface area contributed by atoms with Gasteiger partial charge in [-0.2, -0.15) is 0 Å². The first-order valence-electron chi connectivity index (χ1n) is 6.10. The molecule has 1 aromatic rings. The highest BCUT2D eigenvalue weighted by atomic mass is 32.2. The molecule has 0 aliphatic heterocycles. The van der Waals surface area contributed by atoms with E-state index in [-0.39, 0.29) is 10.7 Å². The van der Waals surface area contributed by atoms with Crippen molar-refractivity contribution in [2.24, 2.45) is 5.92 Å². The van der Waals surface area contributed by atoms with Crippen molar-refractivity contribution in [3.05, 3.63) is 46.8 Å². The van der Waals surface area contributed by atoms with Gasteiger partial charge in [0.15, 0.2) is 10.7 Å². The number of aryl methyl sites for hydroxylation is 1. The van der Waals surface area contributed by atoms with E-state index in [9.17, 15) is 13.5 Å². The molecule has 0 aliphatic rings. The van der Waals surface area contributed by atoms with Crippen LogP contribution in [0.1, 0.15) is 19.4 Å². The molecule has 0 saturated carbocycles. The first-order valence-corrected chi connectivity index (χ1v) is 7.58. The molecule has 20 heavy (non-hydrogen) atoms. The minimum Gasteiger partial charge on any atom is -0.505 e. The maximum atomic E-state index is 12.2. The fourth-order valence-corrected chi connectivity index (χ4v) is 2.89. The first kappa shape index (κ1) is 16.1. The zero-order valence-electron chi connectivity index (χ0n) is 11.6. The Morgan fingerprint density at radius 2 is 1.90 bits per heavy atom. The van der Waals surface area contributed by atoms with Crippen molar-refractivity contribution >= 4 is 10.0 Å². The average molecular weight is 296 g/mol. The van der Waals surface area contributed by atoms with E-state index in [4.69, 9.17) is 5.39 Å². The van der Waals surface area contributed by atoms with Crippen molar-refractivity contribution in [1.29, 1.82) is 5.39 Å². The first-order chi connectivity index (χ1) is 9.27. The van der Waals surface area contributed by atoms with Crippen molar-refractivity contribution in [3.63, 3.8) is 0 Å². The van der Waals surface area contributed by atoms with Crippen LogP contribution in [0.25, 0.3) is 4.98 Å². The lowest BCUT2D eigenvalue weighted by Gasteiger charge is -2.19. The highest BCUT2D eigenvalue weighted by Gasteiger charge is 2.24. The van der Waals surface area contributed by atoms with E-state index in [0.717, 1.165) is 11.8 Å². The molecule has 0 spiro atoms. The van der Waals surface area contributed by atoms with E-state index in [1.54, 1.807) is 26.0 Å². The van der Waals surface area contributed by atoms with Gasteiger partial charge in [-0.1, -0.05) is 24.6 Å². The van der Waals surface area contributed by atoms with E-state index in [1.165, 1.54) is 12.1 Å². The summed E-state index contributed by atoms with van der Waals surface area (Å²) in [7, 11) is -3.65. The molecule has 0 fully saturated rings. The normalized spacial score (nSPS) is 15.4. The van der Waals surface area contributed by atoms with Gasteiger partial charge in [0, 0.05) is 12.0 Å². The zero-order chi connectivity index (χ0) is 15.3. The number of aliphatic hydroxyl groups is 1. The van der Waals surface area contributed by atoms with Crippen molar-refractivity contribution < 1.29 is 13.5 Å². The quantitative estimate of drug-likeness (QED) is 0.645. The fourth-order valence-electron chi connectivity index (χ4n) is 1.57. The van der Waals surface area contributed by atoms with Crippen molar-refractivity contribution in [2.45, 2.75) is 31.7 Å². The van der Waals surface area contributed by atoms with Gasteiger partial charge < -0.3 is 5.11 Å². The van der Waals surface area contributed by atoms with Gasteiger partial charge in [0.25, 0.3) is 0 Å². The van der Waals surface area contributed by atoms with Gasteiger partial charge in [0.1, 0.15) is 0 Å². The molecule has 1 aromatic carbocycles. The van der Waals surface area contributed by atoms with Crippen molar-refractivity contribution in [3.8, 4) is 0 Å². The van der Waals surface area contributed by atoms with Gasteiger partial charge >= 0.3 is 6.20 Å². The molecule has 0 saturated heterocycles. The largest absolute Gasteiger partial charge is 0.505 e. The zero-order valence-corrected chi connectivity index (χ0v) is 12.4. The number of nitrogens with one attached hydrogen (secondary N) is 1. The van der Waals surface area contributed by atoms with E-state index < -0.39 is 22.0 Å². The summed E-state index contributed by atoms with van der Waals surface area (Å²) in [5.74, 6) is -0.724. The molecular formula is C13H18N3O3S+. The second-order valence-corrected chi connectivity index (χ2v) is 6.40. The second-order valence-electron chi connectivity index (χ2n) is 4.68. The Balaban J connectivity index is 2.89. The molecule has 0 amide bonds. The third-order valence-electron chi connectivity index (χ3n) is 3.08. The Morgan fingerprint density at radius 3 is 2.40 bits per heavy atom. The van der Waals surface area contributed by atoms with Crippen LogP contribution in [-0.4, -0.2) is 19.6 Å². The molecule has 0 bridgehead atoms. The van der Waals surface area contributed by atoms with Crippen LogP contribution in [0.5, 0.6) is 0 Å². The number of diazo groups is 1. The number of hydrogen-bond donors (Lipinski definition) is 2. The lowest BCUT2D eigenvalue weighted by molar-refractivity contribution is 0.312. The smallest absolute Gasteiger partial charge is 0.387 e. The topological polar surface area (TPSA) is 94.6 Å². The fraction of sp³-hybridized carbons (Fsp3) is 0.385. The lowest BCUT2D eigenvalue weighted by atomic mass is 10.0. The number of benzene rings is 1. The molecule has 7 heteroatoms. The van der Waals surface area contributed by atoms with E-state index in [0.29, 0.717) is 0 Å². The molecule has 0 heterocycles. The minimum absolute atomic E-state index is 0.164. The molecular weight excluding hydrogens is 278 g/mol. The van der Waals surface area contributed by atoms with Crippen LogP contribution in [0, 0.1) is 18.2 Å². The maximum absolute atomic E-state index is 12.2. The Bertz CT molecular complexity index is 630. The van der Waals surface area contributed by atoms with Crippen LogP contribution >= 0.6 is 0 Å². The predicted molar refractivity (Wildman–Crippen MR) is 75.9 cm³/mol. The summed E-state index contributed by atoms with van der Waals surface area (Å²) in [5.41, 5.74) is 0.968. The molecule has 2 N–H and O–H groups in total. The standard InChI is InChI=1S/C13H17N3O3S/c1-9-4-6-12(7-5-9)20(18,19)16-11(3)10(2)13(17)8-15-14/h4-8,10-11,16H,1-3H3/p+1/b13-8+/t10-,11-/m0/s1. The van der Waals surface area contributed by atoms with Gasteiger partial charge in [0.2, 0.25) is 15.4 Å². The summed E-state index contributed by atoms with van der Waals surface area (Å²) in [6.45, 7) is 5.12. The molecule has 108 valence electrons. The molecule has 0 aromatic heterocycles. The van der Waals surface area contributed by atoms with Gasteiger partial charge in [-0.15, -0.1) is 0 Å². The molecule has 6 nitrogen and oxygen atoms in total. The third kappa shape index (κ3) is 4.05. The monoisotopic (exact) mass is 296 g/mol. The number of nitrogens with zero attached hydrogens (tertiary/aromatic N) is 2. The van der Waals surface area contributed by atoms with Crippen molar-refractivity contribution in [1.82, 2.24) is 4.72 Å². The third-order valence-corrected chi connectivity index (χ3v) is 4.65. The van der Waals surface area contributed by atoms with E-state index in [2.05, 4.69) is 9.70 Å². The summed E-state index contributed by atoms with van der Waals surface area (Å²) in [4.78, 5) is 2.88. The highest BCUT2D eigenvalue weighted by Crippen LogP contribution is 2.16. The van der Waals surface area contributed by atoms with Crippen LogP contribution < -0.4 is 4.72 Å². The van der Waals surface area contributed by atoms with E-state index >= 15 is 0 Å². The Kier molecular flexibility index (Phi) is 5.25. The van der Waals surface area contributed by atoms with Crippen LogP contribution in [0.15, 0.2) is 41.1 Å². The van der Waals surface area contributed by atoms with Gasteiger partial charge in [-0.3, -0.25) is 0 Å². The molecule has 0 unspecified atom stereocenters. The maximum Gasteiger partial charge on any atom is 0.387 e. The number of rotatable bonds is 5. The highest BCUT2D eigenvalue weighted by molar-refractivity contribution is 7.89. The lowest BCUT2D eigenvalue weighted by Crippen LogP contribution is -2.37. The molecule has 1 rings (SSSR count). The molecule has 0 radical (unpaired) electrons. The van der Waals surface area contributed by atoms with Gasteiger partial charge in [-0.25, -0.2) is 13.1 Å². The Hall–Kier alpha value is -1.91.